The van der Waals surface area contributed by atoms with Gasteiger partial charge in [0.15, 0.2) is 0 Å². The van der Waals surface area contributed by atoms with Crippen molar-refractivity contribution in [2.75, 3.05) is 0 Å². The lowest BCUT2D eigenvalue weighted by molar-refractivity contribution is -0.180. The third-order valence-electron chi connectivity index (χ3n) is 5.80. The zero-order chi connectivity index (χ0) is 20.2. The minimum atomic E-state index is -0.902. The number of ether oxygens (including phenoxy) is 2. The fraction of sp³-hybridized carbons (Fsp3) is 0.636. The van der Waals surface area contributed by atoms with Gasteiger partial charge < -0.3 is 14.6 Å². The van der Waals surface area contributed by atoms with Gasteiger partial charge in [-0.15, -0.1) is 0 Å². The van der Waals surface area contributed by atoms with Crippen LogP contribution in [0.25, 0.3) is 0 Å². The van der Waals surface area contributed by atoms with Gasteiger partial charge >= 0.3 is 11.9 Å². The molecule has 1 saturated heterocycles. The molecular formula is C22H32O5. The normalized spacial score (nSPS) is 37.1. The van der Waals surface area contributed by atoms with E-state index in [1.165, 1.54) is 12.5 Å². The van der Waals surface area contributed by atoms with Gasteiger partial charge in [0.1, 0.15) is 11.7 Å². The van der Waals surface area contributed by atoms with Crippen LogP contribution in [0.1, 0.15) is 66.2 Å². The molecule has 1 aliphatic carbocycles. The Kier molecular flexibility index (Phi) is 7.04. The van der Waals surface area contributed by atoms with Gasteiger partial charge in [-0.05, 0) is 70.8 Å². The van der Waals surface area contributed by atoms with E-state index in [2.05, 4.69) is 12.7 Å². The Morgan fingerprint density at radius 1 is 1.33 bits per heavy atom. The number of carbonyl (C=O) groups is 2. The Labute approximate surface area is 162 Å². The first kappa shape index (κ1) is 21.4. The molecule has 0 saturated carbocycles. The Morgan fingerprint density at radius 2 is 2.04 bits per heavy atom. The van der Waals surface area contributed by atoms with Gasteiger partial charge in [0.2, 0.25) is 0 Å². The van der Waals surface area contributed by atoms with Gasteiger partial charge in [0.25, 0.3) is 0 Å². The van der Waals surface area contributed by atoms with Crippen molar-refractivity contribution in [1.29, 1.82) is 0 Å². The summed E-state index contributed by atoms with van der Waals surface area (Å²) in [6, 6.07) is 0. The Hall–Kier alpha value is -1.88. The van der Waals surface area contributed by atoms with Crippen molar-refractivity contribution >= 4 is 11.9 Å². The van der Waals surface area contributed by atoms with E-state index in [1.807, 2.05) is 26.8 Å². The second-order valence-corrected chi connectivity index (χ2v) is 8.09. The quantitative estimate of drug-likeness (QED) is 0.425. The number of aliphatic hydroxyl groups is 1. The highest BCUT2D eigenvalue weighted by atomic mass is 16.6. The van der Waals surface area contributed by atoms with Gasteiger partial charge in [0.05, 0.1) is 6.10 Å². The van der Waals surface area contributed by atoms with Crippen molar-refractivity contribution < 1.29 is 24.2 Å². The second-order valence-electron chi connectivity index (χ2n) is 8.09. The number of allylic oxidation sites excluding steroid dienone is 3. The minimum Gasteiger partial charge on any atom is -0.458 e. The summed E-state index contributed by atoms with van der Waals surface area (Å²) in [4.78, 5) is 24.3. The van der Waals surface area contributed by atoms with Crippen LogP contribution < -0.4 is 0 Å². The molecule has 1 fully saturated rings. The van der Waals surface area contributed by atoms with Crippen molar-refractivity contribution in [1.82, 2.24) is 0 Å². The third-order valence-corrected chi connectivity index (χ3v) is 5.80. The van der Waals surface area contributed by atoms with E-state index in [4.69, 9.17) is 9.47 Å². The fourth-order valence-electron chi connectivity index (χ4n) is 3.80. The Morgan fingerprint density at radius 3 is 2.70 bits per heavy atom. The number of rotatable bonds is 1. The SMILES string of the molecule is C=C1C(=O)O[C@]2(C)CC[C@@H]1C[C@H](O)/C(C)=C/C/C=C(\C)CC[C@@H]2OC(C)=O. The monoisotopic (exact) mass is 376 g/mol. The third kappa shape index (κ3) is 5.55. The molecule has 4 atom stereocenters. The second kappa shape index (κ2) is 8.87. The fourth-order valence-corrected chi connectivity index (χ4v) is 3.80. The molecule has 0 aromatic heterocycles. The van der Waals surface area contributed by atoms with E-state index >= 15 is 0 Å². The van der Waals surface area contributed by atoms with Crippen molar-refractivity contribution in [3.05, 3.63) is 35.5 Å². The van der Waals surface area contributed by atoms with Crippen LogP contribution in [0.15, 0.2) is 35.5 Å². The predicted molar refractivity (Wildman–Crippen MR) is 104 cm³/mol. The first-order valence-corrected chi connectivity index (χ1v) is 9.72. The highest BCUT2D eigenvalue weighted by molar-refractivity contribution is 5.89. The van der Waals surface area contributed by atoms with Crippen molar-refractivity contribution in [3.63, 3.8) is 0 Å². The lowest BCUT2D eigenvalue weighted by Gasteiger charge is -2.35. The molecule has 27 heavy (non-hydrogen) atoms. The van der Waals surface area contributed by atoms with Gasteiger partial charge in [-0.25, -0.2) is 4.79 Å². The zero-order valence-corrected chi connectivity index (χ0v) is 16.9. The summed E-state index contributed by atoms with van der Waals surface area (Å²) in [6.07, 6.45) is 6.72. The van der Waals surface area contributed by atoms with E-state index < -0.39 is 23.8 Å². The summed E-state index contributed by atoms with van der Waals surface area (Å²) in [5.74, 6) is -1.00. The van der Waals surface area contributed by atoms with Crippen LogP contribution in [0.5, 0.6) is 0 Å². The maximum absolute atomic E-state index is 12.6. The van der Waals surface area contributed by atoms with Gasteiger partial charge in [-0.1, -0.05) is 24.3 Å². The molecule has 2 rings (SSSR count). The molecule has 5 heteroatoms. The minimum absolute atomic E-state index is 0.157. The summed E-state index contributed by atoms with van der Waals surface area (Å²) in [6.45, 7) is 11.1. The number of esters is 2. The number of aliphatic hydroxyl groups excluding tert-OH is 1. The first-order chi connectivity index (χ1) is 12.6. The number of carbonyl (C=O) groups excluding carboxylic acids is 2. The zero-order valence-electron chi connectivity index (χ0n) is 16.9. The smallest absolute Gasteiger partial charge is 0.334 e. The molecule has 1 N–H and O–H groups in total. The average molecular weight is 376 g/mol. The maximum atomic E-state index is 12.6. The molecule has 0 unspecified atom stereocenters. The van der Waals surface area contributed by atoms with E-state index in [-0.39, 0.29) is 11.9 Å². The molecule has 0 amide bonds. The highest BCUT2D eigenvalue weighted by Gasteiger charge is 2.44. The average Bonchev–Trinajstić information content (AvgIpc) is 2.69. The van der Waals surface area contributed by atoms with Crippen LogP contribution in [0, 0.1) is 5.92 Å². The van der Waals surface area contributed by atoms with E-state index in [1.54, 1.807) is 0 Å². The van der Waals surface area contributed by atoms with Crippen molar-refractivity contribution in [2.24, 2.45) is 5.92 Å². The largest absolute Gasteiger partial charge is 0.458 e. The van der Waals surface area contributed by atoms with Crippen LogP contribution in [-0.2, 0) is 19.1 Å². The molecule has 150 valence electrons. The molecule has 0 aromatic rings. The number of fused-ring (bicyclic) bond motifs is 3. The predicted octanol–water partition coefficient (Wildman–Crippen LogP) is 4.01. The van der Waals surface area contributed by atoms with Crippen LogP contribution in [-0.4, -0.2) is 34.9 Å². The van der Waals surface area contributed by atoms with E-state index in [0.717, 1.165) is 18.4 Å². The lowest BCUT2D eigenvalue weighted by Crippen LogP contribution is -2.45. The molecule has 1 aliphatic heterocycles. The van der Waals surface area contributed by atoms with Gasteiger partial charge in [-0.3, -0.25) is 4.79 Å². The standard InChI is InChI=1S/C22H32O5/c1-14-7-6-8-15(2)19(24)13-18-11-12-22(5,27-21(25)16(18)3)20(10-9-14)26-17(4)23/h7-8,18-20,24H,3,6,9-13H2,1-2,4-5H3/b14-7+,15-8+/t18-,19+,20+,22-/m1/s1. The summed E-state index contributed by atoms with van der Waals surface area (Å²) in [5, 5.41) is 10.6. The molecule has 5 nitrogen and oxygen atoms in total. The Balaban J connectivity index is 2.40. The van der Waals surface area contributed by atoms with Crippen molar-refractivity contribution in [3.8, 4) is 0 Å². The molecule has 2 bridgehead atoms. The number of hydrogen-bond donors (Lipinski definition) is 1. The molecule has 0 spiro atoms. The lowest BCUT2D eigenvalue weighted by atomic mass is 9.83. The molecule has 2 aliphatic rings. The topological polar surface area (TPSA) is 72.8 Å². The molecule has 1 heterocycles. The molecular weight excluding hydrogens is 344 g/mol. The molecule has 0 aromatic carbocycles. The summed E-state index contributed by atoms with van der Waals surface area (Å²) < 4.78 is 11.4. The summed E-state index contributed by atoms with van der Waals surface area (Å²) >= 11 is 0. The summed E-state index contributed by atoms with van der Waals surface area (Å²) in [7, 11) is 0. The van der Waals surface area contributed by atoms with Crippen LogP contribution in [0.2, 0.25) is 0 Å². The van der Waals surface area contributed by atoms with Crippen LogP contribution in [0.4, 0.5) is 0 Å². The first-order valence-electron chi connectivity index (χ1n) is 9.72. The van der Waals surface area contributed by atoms with Crippen LogP contribution in [0.3, 0.4) is 0 Å². The molecule has 0 radical (unpaired) electrons. The van der Waals surface area contributed by atoms with E-state index in [9.17, 15) is 14.7 Å². The maximum Gasteiger partial charge on any atom is 0.334 e. The van der Waals surface area contributed by atoms with E-state index in [0.29, 0.717) is 31.3 Å². The highest BCUT2D eigenvalue weighted by Crippen LogP contribution is 2.38. The van der Waals surface area contributed by atoms with Gasteiger partial charge in [-0.2, -0.15) is 0 Å². The van der Waals surface area contributed by atoms with Crippen LogP contribution >= 0.6 is 0 Å². The number of hydrogen-bond acceptors (Lipinski definition) is 5. The summed E-state index contributed by atoms with van der Waals surface area (Å²) in [5.41, 5.74) is 1.56. The Bertz CT molecular complexity index is 660. The van der Waals surface area contributed by atoms with Gasteiger partial charge in [0, 0.05) is 12.5 Å². The van der Waals surface area contributed by atoms with Crippen molar-refractivity contribution in [2.45, 2.75) is 84.0 Å².